The van der Waals surface area contributed by atoms with E-state index < -0.39 is 0 Å². The van der Waals surface area contributed by atoms with Gasteiger partial charge in [0.2, 0.25) is 6.79 Å². The molecule has 3 rings (SSSR count). The molecular formula is C15H17N3O2. The minimum atomic E-state index is 0.295. The third-order valence-electron chi connectivity index (χ3n) is 3.23. The molecule has 1 aromatic heterocycles. The van der Waals surface area contributed by atoms with E-state index in [1.807, 2.05) is 37.3 Å². The average Bonchev–Trinajstić information content (AvgIpc) is 2.92. The lowest BCUT2D eigenvalue weighted by Crippen LogP contribution is -2.08. The predicted octanol–water partition coefficient (Wildman–Crippen LogP) is 2.19. The fourth-order valence-corrected chi connectivity index (χ4v) is 2.14. The number of ether oxygens (including phenoxy) is 2. The number of rotatable bonds is 4. The van der Waals surface area contributed by atoms with E-state index in [1.165, 1.54) is 0 Å². The molecule has 0 unspecified atom stereocenters. The first-order chi connectivity index (χ1) is 9.76. The molecule has 0 fully saturated rings. The summed E-state index contributed by atoms with van der Waals surface area (Å²) in [5.41, 5.74) is 8.82. The molecule has 20 heavy (non-hydrogen) atoms. The Kier molecular flexibility index (Phi) is 3.43. The van der Waals surface area contributed by atoms with Gasteiger partial charge in [-0.25, -0.2) is 4.98 Å². The molecule has 1 aliphatic rings. The van der Waals surface area contributed by atoms with Crippen LogP contribution in [0.25, 0.3) is 0 Å². The molecule has 0 saturated heterocycles. The van der Waals surface area contributed by atoms with Gasteiger partial charge >= 0.3 is 0 Å². The van der Waals surface area contributed by atoms with Crippen LogP contribution in [0.4, 0.5) is 5.82 Å². The van der Waals surface area contributed by atoms with Crippen LogP contribution in [0, 0.1) is 6.92 Å². The number of fused-ring (bicyclic) bond motifs is 1. The highest BCUT2D eigenvalue weighted by Crippen LogP contribution is 2.32. The zero-order valence-electron chi connectivity index (χ0n) is 11.3. The van der Waals surface area contributed by atoms with Crippen LogP contribution in [0.3, 0.4) is 0 Å². The lowest BCUT2D eigenvalue weighted by Gasteiger charge is -2.11. The fraction of sp³-hybridized carbons (Fsp3) is 0.267. The maximum atomic E-state index is 5.73. The molecule has 1 aromatic carbocycles. The van der Waals surface area contributed by atoms with Gasteiger partial charge in [0, 0.05) is 24.3 Å². The number of pyridine rings is 1. The number of aromatic nitrogens is 1. The van der Waals surface area contributed by atoms with Gasteiger partial charge in [-0.3, -0.25) is 0 Å². The number of hydrogen-bond acceptors (Lipinski definition) is 5. The number of hydrogen-bond donors (Lipinski definition) is 2. The molecule has 5 nitrogen and oxygen atoms in total. The van der Waals surface area contributed by atoms with Crippen LogP contribution in [0.5, 0.6) is 11.5 Å². The molecule has 2 heterocycles. The third kappa shape index (κ3) is 2.53. The molecule has 104 valence electrons. The second-order valence-electron chi connectivity index (χ2n) is 4.71. The first-order valence-corrected chi connectivity index (χ1v) is 6.55. The molecule has 0 spiro atoms. The lowest BCUT2D eigenvalue weighted by molar-refractivity contribution is 0.174. The standard InChI is InChI=1S/C15H17N3O2/c1-10-2-4-12(7-16)15(18-10)17-8-11-3-5-13-14(6-11)20-9-19-13/h2-6H,7-9,16H2,1H3,(H,17,18). The maximum Gasteiger partial charge on any atom is 0.231 e. The number of aryl methyl sites for hydroxylation is 1. The Bertz CT molecular complexity index is 629. The van der Waals surface area contributed by atoms with Crippen LogP contribution >= 0.6 is 0 Å². The summed E-state index contributed by atoms with van der Waals surface area (Å²) in [6.07, 6.45) is 0. The van der Waals surface area contributed by atoms with Crippen molar-refractivity contribution < 1.29 is 9.47 Å². The van der Waals surface area contributed by atoms with Gasteiger partial charge < -0.3 is 20.5 Å². The minimum Gasteiger partial charge on any atom is -0.454 e. The Balaban J connectivity index is 1.75. The second kappa shape index (κ2) is 5.38. The summed E-state index contributed by atoms with van der Waals surface area (Å²) in [6, 6.07) is 9.89. The fourth-order valence-electron chi connectivity index (χ4n) is 2.14. The van der Waals surface area contributed by atoms with Crippen molar-refractivity contribution in [3.63, 3.8) is 0 Å². The zero-order valence-corrected chi connectivity index (χ0v) is 11.3. The number of anilines is 1. The van der Waals surface area contributed by atoms with Gasteiger partial charge in [-0.2, -0.15) is 0 Å². The summed E-state index contributed by atoms with van der Waals surface area (Å²) in [4.78, 5) is 4.48. The highest BCUT2D eigenvalue weighted by molar-refractivity contribution is 5.48. The van der Waals surface area contributed by atoms with Crippen molar-refractivity contribution in [2.24, 2.45) is 5.73 Å². The van der Waals surface area contributed by atoms with E-state index in [9.17, 15) is 0 Å². The van der Waals surface area contributed by atoms with E-state index in [4.69, 9.17) is 15.2 Å². The van der Waals surface area contributed by atoms with Crippen molar-refractivity contribution in [1.82, 2.24) is 4.98 Å². The summed E-state index contributed by atoms with van der Waals surface area (Å²) in [5, 5.41) is 3.32. The van der Waals surface area contributed by atoms with Crippen molar-refractivity contribution in [3.05, 3.63) is 47.2 Å². The van der Waals surface area contributed by atoms with Crippen molar-refractivity contribution in [3.8, 4) is 11.5 Å². The van der Waals surface area contributed by atoms with Crippen molar-refractivity contribution in [2.75, 3.05) is 12.1 Å². The van der Waals surface area contributed by atoms with Gasteiger partial charge in [-0.15, -0.1) is 0 Å². The molecular weight excluding hydrogens is 254 g/mol. The number of nitrogens with two attached hydrogens (primary N) is 1. The van der Waals surface area contributed by atoms with Crippen molar-refractivity contribution in [2.45, 2.75) is 20.0 Å². The summed E-state index contributed by atoms with van der Waals surface area (Å²) >= 11 is 0. The van der Waals surface area contributed by atoms with E-state index in [-0.39, 0.29) is 0 Å². The summed E-state index contributed by atoms with van der Waals surface area (Å²) in [7, 11) is 0. The monoisotopic (exact) mass is 271 g/mol. The van der Waals surface area contributed by atoms with E-state index in [1.54, 1.807) is 0 Å². The Hall–Kier alpha value is -2.27. The molecule has 0 atom stereocenters. The second-order valence-corrected chi connectivity index (χ2v) is 4.71. The Morgan fingerprint density at radius 2 is 2.05 bits per heavy atom. The third-order valence-corrected chi connectivity index (χ3v) is 3.23. The summed E-state index contributed by atoms with van der Waals surface area (Å²) in [5.74, 6) is 2.43. The smallest absolute Gasteiger partial charge is 0.231 e. The molecule has 0 amide bonds. The van der Waals surface area contributed by atoms with Gasteiger partial charge in [0.05, 0.1) is 0 Å². The molecule has 0 radical (unpaired) electrons. The van der Waals surface area contributed by atoms with Crippen molar-refractivity contribution >= 4 is 5.82 Å². The number of nitrogens with one attached hydrogen (secondary N) is 1. The van der Waals surface area contributed by atoms with Gasteiger partial charge in [0.25, 0.3) is 0 Å². The van der Waals surface area contributed by atoms with Gasteiger partial charge in [-0.1, -0.05) is 12.1 Å². The molecule has 3 N–H and O–H groups in total. The van der Waals surface area contributed by atoms with Crippen LogP contribution in [-0.2, 0) is 13.1 Å². The largest absolute Gasteiger partial charge is 0.454 e. The van der Waals surface area contributed by atoms with Crippen LogP contribution < -0.4 is 20.5 Å². The number of nitrogens with zero attached hydrogens (tertiary/aromatic N) is 1. The minimum absolute atomic E-state index is 0.295. The Morgan fingerprint density at radius 1 is 1.20 bits per heavy atom. The van der Waals surface area contributed by atoms with Crippen LogP contribution in [0.15, 0.2) is 30.3 Å². The predicted molar refractivity (Wildman–Crippen MR) is 76.8 cm³/mol. The normalized spacial score (nSPS) is 12.5. The quantitative estimate of drug-likeness (QED) is 0.892. The highest BCUT2D eigenvalue weighted by Gasteiger charge is 2.13. The highest BCUT2D eigenvalue weighted by atomic mass is 16.7. The van der Waals surface area contributed by atoms with Crippen molar-refractivity contribution in [1.29, 1.82) is 0 Å². The summed E-state index contributed by atoms with van der Waals surface area (Å²) in [6.45, 7) is 3.39. The van der Waals surface area contributed by atoms with E-state index >= 15 is 0 Å². The Labute approximate surface area is 117 Å². The first-order valence-electron chi connectivity index (χ1n) is 6.55. The van der Waals surface area contributed by atoms with Crippen LogP contribution in [0.1, 0.15) is 16.8 Å². The van der Waals surface area contributed by atoms with E-state index in [2.05, 4.69) is 10.3 Å². The zero-order chi connectivity index (χ0) is 13.9. The van der Waals surface area contributed by atoms with Gasteiger partial charge in [0.15, 0.2) is 11.5 Å². The van der Waals surface area contributed by atoms with Gasteiger partial charge in [0.1, 0.15) is 5.82 Å². The Morgan fingerprint density at radius 3 is 2.90 bits per heavy atom. The topological polar surface area (TPSA) is 69.4 Å². The first kappa shape index (κ1) is 12.7. The van der Waals surface area contributed by atoms with Crippen LogP contribution in [0.2, 0.25) is 0 Å². The average molecular weight is 271 g/mol. The molecule has 5 heteroatoms. The van der Waals surface area contributed by atoms with Crippen LogP contribution in [-0.4, -0.2) is 11.8 Å². The summed E-state index contributed by atoms with van der Waals surface area (Å²) < 4.78 is 10.7. The molecule has 2 aromatic rings. The van der Waals surface area contributed by atoms with Gasteiger partial charge in [-0.05, 0) is 30.7 Å². The molecule has 0 bridgehead atoms. The molecule has 1 aliphatic heterocycles. The SMILES string of the molecule is Cc1ccc(CN)c(NCc2ccc3c(c2)OCO3)n1. The molecule has 0 saturated carbocycles. The number of benzene rings is 1. The molecule has 0 aliphatic carbocycles. The maximum absolute atomic E-state index is 5.73. The lowest BCUT2D eigenvalue weighted by atomic mass is 10.2. The van der Waals surface area contributed by atoms with E-state index in [0.29, 0.717) is 19.9 Å². The van der Waals surface area contributed by atoms with E-state index in [0.717, 1.165) is 34.1 Å².